The van der Waals surface area contributed by atoms with Crippen LogP contribution in [-0.4, -0.2) is 57.8 Å². The molecule has 5 rings (SSSR count). The Morgan fingerprint density at radius 3 is 2.77 bits per heavy atom. The number of aromatic amines is 1. The number of H-pyrrole nitrogens is 1. The SMILES string of the molecule is CCN(CC)C(=O)C1CCCN(c2nc3ccc(C(=O)NCc4nc5ccccc5[nH]4)cc3s2)C1. The molecule has 1 saturated heterocycles. The van der Waals surface area contributed by atoms with E-state index in [1.165, 1.54) is 0 Å². The van der Waals surface area contributed by atoms with Crippen molar-refractivity contribution in [3.8, 4) is 0 Å². The van der Waals surface area contributed by atoms with Gasteiger partial charge in [0, 0.05) is 31.7 Å². The molecule has 0 radical (unpaired) electrons. The molecule has 35 heavy (non-hydrogen) atoms. The Hall–Kier alpha value is -3.46. The lowest BCUT2D eigenvalue weighted by Crippen LogP contribution is -2.44. The van der Waals surface area contributed by atoms with Crippen molar-refractivity contribution in [1.29, 1.82) is 0 Å². The van der Waals surface area contributed by atoms with E-state index < -0.39 is 0 Å². The van der Waals surface area contributed by atoms with Gasteiger partial charge in [0.15, 0.2) is 5.13 Å². The fourth-order valence-electron chi connectivity index (χ4n) is 4.69. The number of thiazole rings is 1. The number of nitrogens with one attached hydrogen (secondary N) is 2. The van der Waals surface area contributed by atoms with E-state index in [4.69, 9.17) is 4.98 Å². The van der Waals surface area contributed by atoms with E-state index in [9.17, 15) is 9.59 Å². The summed E-state index contributed by atoms with van der Waals surface area (Å²) in [5, 5.41) is 3.86. The number of carbonyl (C=O) groups is 2. The topological polar surface area (TPSA) is 94.2 Å². The van der Waals surface area contributed by atoms with Gasteiger partial charge in [-0.05, 0) is 57.0 Å². The molecule has 2 aromatic heterocycles. The number of fused-ring (bicyclic) bond motifs is 2. The van der Waals surface area contributed by atoms with Gasteiger partial charge in [-0.15, -0.1) is 0 Å². The number of aromatic nitrogens is 3. The molecular formula is C26H30N6O2S. The predicted octanol–water partition coefficient (Wildman–Crippen LogP) is 4.19. The largest absolute Gasteiger partial charge is 0.347 e. The first-order valence-corrected chi connectivity index (χ1v) is 13.0. The molecule has 1 aliphatic heterocycles. The van der Waals surface area contributed by atoms with E-state index in [1.807, 2.05) is 61.2 Å². The minimum absolute atomic E-state index is 0.00949. The molecule has 2 N–H and O–H groups in total. The molecule has 2 amide bonds. The van der Waals surface area contributed by atoms with Gasteiger partial charge >= 0.3 is 0 Å². The van der Waals surface area contributed by atoms with E-state index in [0.29, 0.717) is 18.7 Å². The number of amides is 2. The van der Waals surface area contributed by atoms with Crippen molar-refractivity contribution in [2.45, 2.75) is 33.2 Å². The monoisotopic (exact) mass is 490 g/mol. The number of imidazole rings is 1. The van der Waals surface area contributed by atoms with Gasteiger partial charge in [-0.25, -0.2) is 9.97 Å². The normalized spacial score (nSPS) is 16.1. The fraction of sp³-hybridized carbons (Fsp3) is 0.385. The summed E-state index contributed by atoms with van der Waals surface area (Å²) in [7, 11) is 0. The highest BCUT2D eigenvalue weighted by Crippen LogP contribution is 2.32. The van der Waals surface area contributed by atoms with Crippen molar-refractivity contribution in [3.05, 3.63) is 53.9 Å². The number of hydrogen-bond donors (Lipinski definition) is 2. The Kier molecular flexibility index (Phi) is 6.68. The van der Waals surface area contributed by atoms with Crippen LogP contribution >= 0.6 is 11.3 Å². The van der Waals surface area contributed by atoms with Crippen molar-refractivity contribution in [2.24, 2.45) is 5.92 Å². The summed E-state index contributed by atoms with van der Waals surface area (Å²) < 4.78 is 0.966. The quantitative estimate of drug-likeness (QED) is 0.405. The summed E-state index contributed by atoms with van der Waals surface area (Å²) in [6.07, 6.45) is 1.90. The van der Waals surface area contributed by atoms with E-state index in [0.717, 1.165) is 64.7 Å². The van der Waals surface area contributed by atoms with E-state index in [-0.39, 0.29) is 17.7 Å². The average Bonchev–Trinajstić information content (AvgIpc) is 3.51. The number of benzene rings is 2. The standard InChI is InChI=1S/C26H30N6O2S/c1-3-31(4-2)25(34)18-8-7-13-32(16-18)26-30-21-12-11-17(14-22(21)35-26)24(33)27-15-23-28-19-9-5-6-10-20(19)29-23/h5-6,9-12,14,18H,3-4,7-8,13,15-16H2,1-2H3,(H,27,33)(H,28,29). The van der Waals surface area contributed by atoms with Gasteiger partial charge in [-0.2, -0.15) is 0 Å². The third-order valence-corrected chi connectivity index (χ3v) is 7.69. The van der Waals surface area contributed by atoms with Crippen LogP contribution in [0.4, 0.5) is 5.13 Å². The first kappa shape index (κ1) is 23.3. The van der Waals surface area contributed by atoms with Crippen molar-refractivity contribution in [2.75, 3.05) is 31.1 Å². The van der Waals surface area contributed by atoms with Crippen LogP contribution in [-0.2, 0) is 11.3 Å². The second-order valence-electron chi connectivity index (χ2n) is 8.86. The Morgan fingerprint density at radius 2 is 1.97 bits per heavy atom. The fourth-order valence-corrected chi connectivity index (χ4v) is 5.73. The maximum atomic E-state index is 12.9. The smallest absolute Gasteiger partial charge is 0.251 e. The van der Waals surface area contributed by atoms with Gasteiger partial charge in [0.2, 0.25) is 5.91 Å². The Bertz CT molecular complexity index is 1330. The van der Waals surface area contributed by atoms with Crippen molar-refractivity contribution in [1.82, 2.24) is 25.2 Å². The molecule has 1 unspecified atom stereocenters. The lowest BCUT2D eigenvalue weighted by molar-refractivity contribution is -0.135. The molecule has 1 atom stereocenters. The van der Waals surface area contributed by atoms with Gasteiger partial charge in [0.1, 0.15) is 5.82 Å². The van der Waals surface area contributed by atoms with Crippen LogP contribution in [0.25, 0.3) is 21.3 Å². The van der Waals surface area contributed by atoms with Crippen LogP contribution in [0.3, 0.4) is 0 Å². The Morgan fingerprint density at radius 1 is 1.14 bits per heavy atom. The molecule has 2 aromatic carbocycles. The Labute approximate surface area is 208 Å². The third kappa shape index (κ3) is 4.86. The zero-order valence-corrected chi connectivity index (χ0v) is 20.9. The number of anilines is 1. The van der Waals surface area contributed by atoms with Gasteiger partial charge in [0.05, 0.1) is 33.7 Å². The number of piperidine rings is 1. The first-order chi connectivity index (χ1) is 17.1. The molecule has 0 aliphatic carbocycles. The molecule has 182 valence electrons. The van der Waals surface area contributed by atoms with Crippen molar-refractivity contribution >= 4 is 49.5 Å². The molecule has 1 aliphatic rings. The minimum Gasteiger partial charge on any atom is -0.347 e. The highest BCUT2D eigenvalue weighted by molar-refractivity contribution is 7.22. The summed E-state index contributed by atoms with van der Waals surface area (Å²) in [5.74, 6) is 0.823. The summed E-state index contributed by atoms with van der Waals surface area (Å²) in [6.45, 7) is 7.46. The maximum Gasteiger partial charge on any atom is 0.251 e. The van der Waals surface area contributed by atoms with Gasteiger partial charge in [0.25, 0.3) is 5.91 Å². The molecule has 0 saturated carbocycles. The average molecular weight is 491 g/mol. The van der Waals surface area contributed by atoms with Gasteiger partial charge in [-0.1, -0.05) is 23.5 Å². The molecule has 8 nitrogen and oxygen atoms in total. The molecule has 9 heteroatoms. The highest BCUT2D eigenvalue weighted by Gasteiger charge is 2.29. The van der Waals surface area contributed by atoms with Crippen LogP contribution < -0.4 is 10.2 Å². The summed E-state index contributed by atoms with van der Waals surface area (Å²) in [5.41, 5.74) is 3.30. The number of hydrogen-bond acceptors (Lipinski definition) is 6. The van der Waals surface area contributed by atoms with Crippen molar-refractivity contribution in [3.63, 3.8) is 0 Å². The lowest BCUT2D eigenvalue weighted by Gasteiger charge is -2.34. The van der Waals surface area contributed by atoms with E-state index in [1.54, 1.807) is 11.3 Å². The first-order valence-electron chi connectivity index (χ1n) is 12.2. The number of para-hydroxylation sites is 2. The molecule has 4 aromatic rings. The van der Waals surface area contributed by atoms with Gasteiger partial charge < -0.3 is 20.1 Å². The number of carbonyl (C=O) groups excluding carboxylic acids is 2. The second kappa shape index (κ2) is 10.0. The second-order valence-corrected chi connectivity index (χ2v) is 9.87. The minimum atomic E-state index is -0.148. The number of rotatable bonds is 7. The van der Waals surface area contributed by atoms with Crippen LogP contribution in [0.1, 0.15) is 42.9 Å². The molecule has 3 heterocycles. The maximum absolute atomic E-state index is 12.9. The van der Waals surface area contributed by atoms with Crippen LogP contribution in [0, 0.1) is 5.92 Å². The van der Waals surface area contributed by atoms with E-state index >= 15 is 0 Å². The third-order valence-electron chi connectivity index (χ3n) is 6.61. The molecule has 0 bridgehead atoms. The summed E-state index contributed by atoms with van der Waals surface area (Å²) in [4.78, 5) is 42.4. The lowest BCUT2D eigenvalue weighted by atomic mass is 9.97. The molecule has 1 fully saturated rings. The van der Waals surface area contributed by atoms with Crippen molar-refractivity contribution < 1.29 is 9.59 Å². The zero-order valence-electron chi connectivity index (χ0n) is 20.1. The molecule has 0 spiro atoms. The zero-order chi connectivity index (χ0) is 24.4. The summed E-state index contributed by atoms with van der Waals surface area (Å²) in [6, 6.07) is 13.4. The van der Waals surface area contributed by atoms with Gasteiger partial charge in [-0.3, -0.25) is 9.59 Å². The van der Waals surface area contributed by atoms with Crippen LogP contribution in [0.5, 0.6) is 0 Å². The molecular weight excluding hydrogens is 460 g/mol. The predicted molar refractivity (Wildman–Crippen MR) is 140 cm³/mol. The summed E-state index contributed by atoms with van der Waals surface area (Å²) >= 11 is 1.58. The Balaban J connectivity index is 1.27. The number of nitrogens with zero attached hydrogens (tertiary/aromatic N) is 4. The highest BCUT2D eigenvalue weighted by atomic mass is 32.1. The van der Waals surface area contributed by atoms with E-state index in [2.05, 4.69) is 20.2 Å². The van der Waals surface area contributed by atoms with Crippen LogP contribution in [0.2, 0.25) is 0 Å². The van der Waals surface area contributed by atoms with Crippen LogP contribution in [0.15, 0.2) is 42.5 Å².